The summed E-state index contributed by atoms with van der Waals surface area (Å²) in [6.45, 7) is 8.33. The Kier molecular flexibility index (Phi) is 3.61. The Bertz CT molecular complexity index is 345. The summed E-state index contributed by atoms with van der Waals surface area (Å²) < 4.78 is 0. The summed E-state index contributed by atoms with van der Waals surface area (Å²) in [5.41, 5.74) is 8.10. The highest BCUT2D eigenvalue weighted by molar-refractivity contribution is 6.20. The summed E-state index contributed by atoms with van der Waals surface area (Å²) in [5, 5.41) is 0.139. The van der Waals surface area contributed by atoms with Gasteiger partial charge < -0.3 is 5.73 Å². The topological polar surface area (TPSA) is 38.9 Å². The van der Waals surface area contributed by atoms with E-state index in [0.717, 1.165) is 17.5 Å². The number of nitrogens with two attached hydrogens (primary N) is 1. The van der Waals surface area contributed by atoms with Crippen LogP contribution in [0.4, 0.5) is 5.82 Å². The lowest BCUT2D eigenvalue weighted by Crippen LogP contribution is -2.23. The van der Waals surface area contributed by atoms with Crippen LogP contribution in [0, 0.1) is 6.92 Å². The van der Waals surface area contributed by atoms with Crippen molar-refractivity contribution in [1.29, 1.82) is 0 Å². The Hall–Kier alpha value is -0.760. The Labute approximate surface area is 96.8 Å². The highest BCUT2D eigenvalue weighted by atomic mass is 35.5. The monoisotopic (exact) mass is 226 g/mol. The third-order valence-corrected chi connectivity index (χ3v) is 2.73. The van der Waals surface area contributed by atoms with Crippen molar-refractivity contribution < 1.29 is 0 Å². The second kappa shape index (κ2) is 4.40. The average Bonchev–Trinajstić information content (AvgIpc) is 2.06. The van der Waals surface area contributed by atoms with Crippen LogP contribution in [0.1, 0.15) is 38.3 Å². The molecule has 3 heteroatoms. The van der Waals surface area contributed by atoms with Crippen LogP contribution in [0.25, 0.3) is 0 Å². The standard InChI is InChI=1S/C12H19ClN2/c1-8-5-10(11(14)15-7-8)12(3,4)6-9(2)13/h5,7,9H,6H2,1-4H3,(H2,14,15). The second-order valence-electron chi connectivity index (χ2n) is 4.81. The van der Waals surface area contributed by atoms with E-state index >= 15 is 0 Å². The first kappa shape index (κ1) is 12.3. The van der Waals surface area contributed by atoms with E-state index in [0.29, 0.717) is 5.82 Å². The average molecular weight is 227 g/mol. The molecular formula is C12H19ClN2. The molecule has 15 heavy (non-hydrogen) atoms. The molecule has 2 nitrogen and oxygen atoms in total. The summed E-state index contributed by atoms with van der Waals surface area (Å²) in [7, 11) is 0. The molecule has 0 amide bonds. The highest BCUT2D eigenvalue weighted by Crippen LogP contribution is 2.33. The number of nitrogen functional groups attached to an aromatic ring is 1. The molecule has 0 spiro atoms. The largest absolute Gasteiger partial charge is 0.383 e. The maximum atomic E-state index is 6.04. The van der Waals surface area contributed by atoms with Crippen LogP contribution in [0.3, 0.4) is 0 Å². The van der Waals surface area contributed by atoms with Crippen molar-refractivity contribution in [2.24, 2.45) is 0 Å². The predicted octanol–water partition coefficient (Wildman–Crippen LogP) is 3.27. The van der Waals surface area contributed by atoms with Crippen LogP contribution in [0.2, 0.25) is 0 Å². The lowest BCUT2D eigenvalue weighted by molar-refractivity contribution is 0.477. The SMILES string of the molecule is Cc1cnc(N)c(C(C)(C)CC(C)Cl)c1. The van der Waals surface area contributed by atoms with E-state index in [4.69, 9.17) is 17.3 Å². The number of nitrogens with zero attached hydrogens (tertiary/aromatic N) is 1. The molecule has 0 radical (unpaired) electrons. The number of anilines is 1. The highest BCUT2D eigenvalue weighted by Gasteiger charge is 2.25. The molecule has 1 unspecified atom stereocenters. The van der Waals surface area contributed by atoms with E-state index in [1.807, 2.05) is 13.8 Å². The summed E-state index contributed by atoms with van der Waals surface area (Å²) in [4.78, 5) is 4.19. The molecule has 0 saturated carbocycles. The molecule has 0 aromatic carbocycles. The van der Waals surface area contributed by atoms with Crippen molar-refractivity contribution in [3.05, 3.63) is 23.4 Å². The zero-order valence-corrected chi connectivity index (χ0v) is 10.6. The number of pyridine rings is 1. The molecule has 0 bridgehead atoms. The summed E-state index contributed by atoms with van der Waals surface area (Å²) in [5.74, 6) is 0.614. The van der Waals surface area contributed by atoms with Gasteiger partial charge in [-0.15, -0.1) is 11.6 Å². The third kappa shape index (κ3) is 3.10. The quantitative estimate of drug-likeness (QED) is 0.804. The molecule has 1 heterocycles. The molecule has 84 valence electrons. The fourth-order valence-electron chi connectivity index (χ4n) is 1.93. The molecule has 1 atom stereocenters. The van der Waals surface area contributed by atoms with E-state index in [2.05, 4.69) is 24.9 Å². The number of rotatable bonds is 3. The van der Waals surface area contributed by atoms with Crippen molar-refractivity contribution in [1.82, 2.24) is 4.98 Å². The molecule has 0 aliphatic rings. The van der Waals surface area contributed by atoms with Gasteiger partial charge >= 0.3 is 0 Å². The molecule has 1 aromatic heterocycles. The van der Waals surface area contributed by atoms with Crippen molar-refractivity contribution in [2.45, 2.75) is 44.9 Å². The van der Waals surface area contributed by atoms with Gasteiger partial charge in [-0.05, 0) is 31.2 Å². The Morgan fingerprint density at radius 2 is 2.13 bits per heavy atom. The first-order valence-corrected chi connectivity index (χ1v) is 5.63. The molecule has 2 N–H and O–H groups in total. The fourth-order valence-corrected chi connectivity index (χ4v) is 2.32. The van der Waals surface area contributed by atoms with Crippen LogP contribution >= 0.6 is 11.6 Å². The molecule has 0 fully saturated rings. The van der Waals surface area contributed by atoms with Crippen molar-refractivity contribution in [3.63, 3.8) is 0 Å². The number of aryl methyl sites for hydroxylation is 1. The molecule has 1 aromatic rings. The van der Waals surface area contributed by atoms with Gasteiger partial charge in [-0.2, -0.15) is 0 Å². The summed E-state index contributed by atoms with van der Waals surface area (Å²) in [6, 6.07) is 2.10. The minimum atomic E-state index is -0.0235. The normalized spacial score (nSPS) is 13.9. The minimum absolute atomic E-state index is 0.0235. The minimum Gasteiger partial charge on any atom is -0.383 e. The van der Waals surface area contributed by atoms with E-state index in [1.54, 1.807) is 6.20 Å². The number of aromatic nitrogens is 1. The lowest BCUT2D eigenvalue weighted by Gasteiger charge is -2.27. The smallest absolute Gasteiger partial charge is 0.127 e. The van der Waals surface area contributed by atoms with Crippen LogP contribution < -0.4 is 5.73 Å². The zero-order valence-electron chi connectivity index (χ0n) is 9.84. The fraction of sp³-hybridized carbons (Fsp3) is 0.583. The van der Waals surface area contributed by atoms with Gasteiger partial charge in [0.05, 0.1) is 0 Å². The van der Waals surface area contributed by atoms with Crippen molar-refractivity contribution in [3.8, 4) is 0 Å². The van der Waals surface area contributed by atoms with Crippen LogP contribution in [0.5, 0.6) is 0 Å². The first-order chi connectivity index (χ1) is 6.83. The van der Waals surface area contributed by atoms with Gasteiger partial charge in [0.15, 0.2) is 0 Å². The third-order valence-electron chi connectivity index (χ3n) is 2.58. The number of hydrogen-bond acceptors (Lipinski definition) is 2. The van der Waals surface area contributed by atoms with Crippen molar-refractivity contribution in [2.75, 3.05) is 5.73 Å². The van der Waals surface area contributed by atoms with Gasteiger partial charge in [0.2, 0.25) is 0 Å². The van der Waals surface area contributed by atoms with Gasteiger partial charge in [-0.25, -0.2) is 4.98 Å². The molecule has 0 aliphatic carbocycles. The van der Waals surface area contributed by atoms with E-state index in [1.165, 1.54) is 0 Å². The van der Waals surface area contributed by atoms with E-state index in [-0.39, 0.29) is 10.8 Å². The van der Waals surface area contributed by atoms with Crippen LogP contribution in [-0.2, 0) is 5.41 Å². The number of alkyl halides is 1. The summed E-state index contributed by atoms with van der Waals surface area (Å²) >= 11 is 6.04. The number of hydrogen-bond donors (Lipinski definition) is 1. The van der Waals surface area contributed by atoms with E-state index in [9.17, 15) is 0 Å². The van der Waals surface area contributed by atoms with Crippen LogP contribution in [-0.4, -0.2) is 10.4 Å². The molecule has 0 aliphatic heterocycles. The van der Waals surface area contributed by atoms with Gasteiger partial charge in [0.25, 0.3) is 0 Å². The lowest BCUT2D eigenvalue weighted by atomic mass is 9.80. The molecule has 1 rings (SSSR count). The first-order valence-electron chi connectivity index (χ1n) is 5.19. The van der Waals surface area contributed by atoms with Gasteiger partial charge in [0.1, 0.15) is 5.82 Å². The van der Waals surface area contributed by atoms with Gasteiger partial charge in [0, 0.05) is 17.1 Å². The molecular weight excluding hydrogens is 208 g/mol. The Morgan fingerprint density at radius 3 is 2.67 bits per heavy atom. The van der Waals surface area contributed by atoms with Gasteiger partial charge in [-0.1, -0.05) is 19.9 Å². The Balaban J connectivity index is 3.08. The van der Waals surface area contributed by atoms with Crippen LogP contribution in [0.15, 0.2) is 12.3 Å². The van der Waals surface area contributed by atoms with E-state index < -0.39 is 0 Å². The number of halogens is 1. The Morgan fingerprint density at radius 1 is 1.53 bits per heavy atom. The van der Waals surface area contributed by atoms with Gasteiger partial charge in [-0.3, -0.25) is 0 Å². The predicted molar refractivity (Wildman–Crippen MR) is 66.3 cm³/mol. The maximum Gasteiger partial charge on any atom is 0.127 e. The second-order valence-corrected chi connectivity index (χ2v) is 5.56. The zero-order chi connectivity index (χ0) is 11.6. The maximum absolute atomic E-state index is 6.04. The summed E-state index contributed by atoms with van der Waals surface area (Å²) in [6.07, 6.45) is 2.68. The van der Waals surface area contributed by atoms with Crippen molar-refractivity contribution >= 4 is 17.4 Å². The molecule has 0 saturated heterocycles.